The topological polar surface area (TPSA) is 62.2 Å². The lowest BCUT2D eigenvalue weighted by atomic mass is 9.95. The molecule has 0 spiro atoms. The van der Waals surface area contributed by atoms with Crippen LogP contribution in [0.3, 0.4) is 0 Å². The molecule has 1 aromatic heterocycles. The van der Waals surface area contributed by atoms with E-state index in [1.807, 2.05) is 18.2 Å². The standard InChI is InChI=1S/C17H26N2O2/c20-13-14-7-2-1-3-10-16(14)19-17(21)11-6-9-15-8-4-5-12-18-15/h4-5,8,12,14,16,20H,1-3,6-7,9-11,13H2,(H,19,21). The normalized spacial score (nSPS) is 22.5. The van der Waals surface area contributed by atoms with Gasteiger partial charge in [-0.1, -0.05) is 25.3 Å². The number of nitrogens with zero attached hydrogens (tertiary/aromatic N) is 1. The summed E-state index contributed by atoms with van der Waals surface area (Å²) in [6.45, 7) is 0.179. The number of aliphatic hydroxyl groups excluding tert-OH is 1. The van der Waals surface area contributed by atoms with Crippen molar-refractivity contribution in [1.29, 1.82) is 0 Å². The quantitative estimate of drug-likeness (QED) is 0.791. The largest absolute Gasteiger partial charge is 0.396 e. The molecule has 0 aromatic carbocycles. The van der Waals surface area contributed by atoms with Gasteiger partial charge in [-0.25, -0.2) is 0 Å². The summed E-state index contributed by atoms with van der Waals surface area (Å²) in [5.74, 6) is 0.337. The summed E-state index contributed by atoms with van der Waals surface area (Å²) >= 11 is 0. The number of aromatic nitrogens is 1. The predicted octanol–water partition coefficient (Wildman–Crippen LogP) is 2.46. The highest BCUT2D eigenvalue weighted by Crippen LogP contribution is 2.23. The molecule has 0 radical (unpaired) electrons. The van der Waals surface area contributed by atoms with Crippen LogP contribution in [0.1, 0.15) is 50.6 Å². The van der Waals surface area contributed by atoms with Crippen LogP contribution in [-0.4, -0.2) is 28.6 Å². The SMILES string of the molecule is O=C(CCCc1ccccn1)NC1CCCCCC1CO. The zero-order valence-corrected chi connectivity index (χ0v) is 12.6. The van der Waals surface area contributed by atoms with Gasteiger partial charge in [-0.05, 0) is 37.8 Å². The summed E-state index contributed by atoms with van der Waals surface area (Å²) in [5.41, 5.74) is 1.04. The molecule has 0 bridgehead atoms. The first-order chi connectivity index (χ1) is 10.3. The first-order valence-electron chi connectivity index (χ1n) is 8.09. The van der Waals surface area contributed by atoms with Gasteiger partial charge >= 0.3 is 0 Å². The maximum Gasteiger partial charge on any atom is 0.220 e. The molecule has 2 unspecified atom stereocenters. The number of hydrogen-bond donors (Lipinski definition) is 2. The van der Waals surface area contributed by atoms with Crippen molar-refractivity contribution in [1.82, 2.24) is 10.3 Å². The number of nitrogens with one attached hydrogen (secondary N) is 1. The zero-order chi connectivity index (χ0) is 14.9. The molecule has 1 aliphatic carbocycles. The molecule has 1 amide bonds. The average molecular weight is 290 g/mol. The Morgan fingerprint density at radius 3 is 2.90 bits per heavy atom. The molecule has 1 fully saturated rings. The Morgan fingerprint density at radius 1 is 1.29 bits per heavy atom. The van der Waals surface area contributed by atoms with E-state index in [0.717, 1.165) is 44.2 Å². The number of carbonyl (C=O) groups excluding carboxylic acids is 1. The minimum absolute atomic E-state index is 0.108. The lowest BCUT2D eigenvalue weighted by Gasteiger charge is -2.24. The van der Waals surface area contributed by atoms with Crippen molar-refractivity contribution in [2.45, 2.75) is 57.4 Å². The van der Waals surface area contributed by atoms with Crippen LogP contribution in [0.4, 0.5) is 0 Å². The minimum Gasteiger partial charge on any atom is -0.396 e. The Bertz CT molecular complexity index is 422. The third kappa shape index (κ3) is 5.46. The molecule has 1 saturated carbocycles. The number of rotatable bonds is 6. The van der Waals surface area contributed by atoms with E-state index < -0.39 is 0 Å². The maximum absolute atomic E-state index is 12.1. The molecular weight excluding hydrogens is 264 g/mol. The average Bonchev–Trinajstić information content (AvgIpc) is 2.73. The molecular formula is C17H26N2O2. The van der Waals surface area contributed by atoms with E-state index in [1.54, 1.807) is 6.20 Å². The van der Waals surface area contributed by atoms with Gasteiger partial charge in [0.2, 0.25) is 5.91 Å². The third-order valence-electron chi connectivity index (χ3n) is 4.30. The molecule has 0 aliphatic heterocycles. The second kappa shape index (κ2) is 8.78. The van der Waals surface area contributed by atoms with Crippen molar-refractivity contribution < 1.29 is 9.90 Å². The summed E-state index contributed by atoms with van der Waals surface area (Å²) in [7, 11) is 0. The summed E-state index contributed by atoms with van der Waals surface area (Å²) in [6, 6.07) is 6.02. The molecule has 1 aliphatic rings. The molecule has 1 heterocycles. The maximum atomic E-state index is 12.1. The van der Waals surface area contributed by atoms with Gasteiger partial charge in [-0.3, -0.25) is 9.78 Å². The molecule has 2 N–H and O–H groups in total. The fourth-order valence-corrected chi connectivity index (χ4v) is 3.05. The van der Waals surface area contributed by atoms with Crippen LogP contribution < -0.4 is 5.32 Å². The van der Waals surface area contributed by atoms with Crippen LogP contribution >= 0.6 is 0 Å². The monoisotopic (exact) mass is 290 g/mol. The third-order valence-corrected chi connectivity index (χ3v) is 4.30. The molecule has 2 rings (SSSR count). The van der Waals surface area contributed by atoms with Crippen molar-refractivity contribution >= 4 is 5.91 Å². The van der Waals surface area contributed by atoms with Crippen molar-refractivity contribution in [3.63, 3.8) is 0 Å². The van der Waals surface area contributed by atoms with Gasteiger partial charge < -0.3 is 10.4 Å². The van der Waals surface area contributed by atoms with Crippen LogP contribution in [-0.2, 0) is 11.2 Å². The first kappa shape index (κ1) is 16.0. The summed E-state index contributed by atoms with van der Waals surface area (Å²) in [4.78, 5) is 16.3. The molecule has 4 heteroatoms. The molecule has 0 saturated heterocycles. The number of aryl methyl sites for hydroxylation is 1. The molecule has 21 heavy (non-hydrogen) atoms. The summed E-state index contributed by atoms with van der Waals surface area (Å²) < 4.78 is 0. The first-order valence-corrected chi connectivity index (χ1v) is 8.09. The highest BCUT2D eigenvalue weighted by Gasteiger charge is 2.24. The smallest absolute Gasteiger partial charge is 0.220 e. The van der Waals surface area contributed by atoms with Gasteiger partial charge in [-0.15, -0.1) is 0 Å². The van der Waals surface area contributed by atoms with Crippen molar-refractivity contribution in [3.05, 3.63) is 30.1 Å². The zero-order valence-electron chi connectivity index (χ0n) is 12.6. The van der Waals surface area contributed by atoms with Crippen molar-refractivity contribution in [3.8, 4) is 0 Å². The molecule has 1 aromatic rings. The fraction of sp³-hybridized carbons (Fsp3) is 0.647. The Hall–Kier alpha value is -1.42. The van der Waals surface area contributed by atoms with E-state index in [0.29, 0.717) is 6.42 Å². The van der Waals surface area contributed by atoms with Gasteiger partial charge in [-0.2, -0.15) is 0 Å². The van der Waals surface area contributed by atoms with Crippen molar-refractivity contribution in [2.75, 3.05) is 6.61 Å². The lowest BCUT2D eigenvalue weighted by molar-refractivity contribution is -0.122. The number of pyridine rings is 1. The van der Waals surface area contributed by atoms with E-state index in [2.05, 4.69) is 10.3 Å². The Kier molecular flexibility index (Phi) is 6.67. The number of hydrogen-bond acceptors (Lipinski definition) is 3. The minimum atomic E-state index is 0.108. The van der Waals surface area contributed by atoms with E-state index in [1.165, 1.54) is 6.42 Å². The van der Waals surface area contributed by atoms with Gasteiger partial charge in [0.25, 0.3) is 0 Å². The van der Waals surface area contributed by atoms with Crippen LogP contribution in [0.5, 0.6) is 0 Å². The van der Waals surface area contributed by atoms with Crippen LogP contribution in [0.25, 0.3) is 0 Å². The summed E-state index contributed by atoms with van der Waals surface area (Å²) in [6.07, 6.45) is 9.52. The van der Waals surface area contributed by atoms with Crippen LogP contribution in [0.15, 0.2) is 24.4 Å². The molecule has 116 valence electrons. The van der Waals surface area contributed by atoms with Gasteiger partial charge in [0.1, 0.15) is 0 Å². The molecule has 2 atom stereocenters. The van der Waals surface area contributed by atoms with E-state index in [4.69, 9.17) is 0 Å². The van der Waals surface area contributed by atoms with Crippen LogP contribution in [0.2, 0.25) is 0 Å². The summed E-state index contributed by atoms with van der Waals surface area (Å²) in [5, 5.41) is 12.6. The number of aliphatic hydroxyl groups is 1. The Labute approximate surface area is 127 Å². The Balaban J connectivity index is 1.72. The predicted molar refractivity (Wildman–Crippen MR) is 82.8 cm³/mol. The second-order valence-corrected chi connectivity index (χ2v) is 5.93. The van der Waals surface area contributed by atoms with E-state index in [9.17, 15) is 9.90 Å². The highest BCUT2D eigenvalue weighted by molar-refractivity contribution is 5.76. The van der Waals surface area contributed by atoms with Crippen LogP contribution in [0, 0.1) is 5.92 Å². The van der Waals surface area contributed by atoms with E-state index >= 15 is 0 Å². The van der Waals surface area contributed by atoms with Gasteiger partial charge in [0, 0.05) is 36.9 Å². The number of carbonyl (C=O) groups is 1. The Morgan fingerprint density at radius 2 is 2.14 bits per heavy atom. The second-order valence-electron chi connectivity index (χ2n) is 5.93. The highest BCUT2D eigenvalue weighted by atomic mass is 16.3. The van der Waals surface area contributed by atoms with Gasteiger partial charge in [0.05, 0.1) is 0 Å². The number of amides is 1. The van der Waals surface area contributed by atoms with E-state index in [-0.39, 0.29) is 24.5 Å². The van der Waals surface area contributed by atoms with Gasteiger partial charge in [0.15, 0.2) is 0 Å². The molecule has 4 nitrogen and oxygen atoms in total. The van der Waals surface area contributed by atoms with Crippen molar-refractivity contribution in [2.24, 2.45) is 5.92 Å². The lowest BCUT2D eigenvalue weighted by Crippen LogP contribution is -2.41. The fourth-order valence-electron chi connectivity index (χ4n) is 3.05.